The van der Waals surface area contributed by atoms with Gasteiger partial charge in [0.25, 0.3) is 0 Å². The summed E-state index contributed by atoms with van der Waals surface area (Å²) in [5.41, 5.74) is 5.44. The zero-order valence-electron chi connectivity index (χ0n) is 10.7. The summed E-state index contributed by atoms with van der Waals surface area (Å²) >= 11 is 0. The van der Waals surface area contributed by atoms with E-state index in [4.69, 9.17) is 11.0 Å². The molecule has 0 unspecified atom stereocenters. The number of nitrogens with zero attached hydrogens (tertiary/aromatic N) is 3. The first kappa shape index (κ1) is 14.7. The molecule has 0 atom stereocenters. The molecule has 1 aliphatic rings. The molecule has 1 aliphatic heterocycles. The van der Waals surface area contributed by atoms with Gasteiger partial charge in [-0.25, -0.2) is 4.79 Å². The van der Waals surface area contributed by atoms with Crippen molar-refractivity contribution in [3.05, 3.63) is 0 Å². The molecule has 0 radical (unpaired) electrons. The Bertz CT molecular complexity index is 290. The number of carbonyl (C=O) groups excluding carboxylic acids is 1. The van der Waals surface area contributed by atoms with Crippen LogP contribution in [0, 0.1) is 11.3 Å². The van der Waals surface area contributed by atoms with Crippen molar-refractivity contribution in [2.45, 2.75) is 0 Å². The van der Waals surface area contributed by atoms with Crippen molar-refractivity contribution in [1.29, 1.82) is 5.26 Å². The molecule has 102 valence electrons. The molecule has 1 fully saturated rings. The first-order valence-corrected chi connectivity index (χ1v) is 6.32. The lowest BCUT2D eigenvalue weighted by Gasteiger charge is -2.18. The number of nitrogens with one attached hydrogen (secondary N) is 2. The molecule has 18 heavy (non-hydrogen) atoms. The van der Waals surface area contributed by atoms with Crippen LogP contribution in [-0.2, 0) is 0 Å². The Morgan fingerprint density at radius 3 is 2.50 bits per heavy atom. The summed E-state index contributed by atoms with van der Waals surface area (Å²) < 4.78 is 0. The van der Waals surface area contributed by atoms with Gasteiger partial charge in [-0.3, -0.25) is 0 Å². The van der Waals surface area contributed by atoms with Crippen molar-refractivity contribution in [2.75, 3.05) is 58.9 Å². The number of nitriles is 1. The lowest BCUT2D eigenvalue weighted by Crippen LogP contribution is -2.39. The van der Waals surface area contributed by atoms with Gasteiger partial charge in [0.2, 0.25) is 0 Å². The molecule has 0 bridgehead atoms. The second-order valence-corrected chi connectivity index (χ2v) is 4.13. The van der Waals surface area contributed by atoms with Crippen LogP contribution in [0.15, 0.2) is 0 Å². The summed E-state index contributed by atoms with van der Waals surface area (Å²) in [5.74, 6) is 0. The monoisotopic (exact) mass is 254 g/mol. The van der Waals surface area contributed by atoms with Crippen molar-refractivity contribution in [1.82, 2.24) is 20.4 Å². The molecular formula is C11H22N6O. The summed E-state index contributed by atoms with van der Waals surface area (Å²) in [5, 5.41) is 14.5. The standard InChI is InChI=1S/C11H22N6O/c12-1-3-14-4-5-15-6-8-17-10-9-16(7-2-13)11(17)18/h14-15H,2-10,13H2. The molecule has 0 spiro atoms. The molecule has 0 saturated carbocycles. The highest BCUT2D eigenvalue weighted by Crippen LogP contribution is 2.06. The first-order valence-electron chi connectivity index (χ1n) is 6.32. The van der Waals surface area contributed by atoms with Crippen LogP contribution >= 0.6 is 0 Å². The van der Waals surface area contributed by atoms with Gasteiger partial charge in [-0.15, -0.1) is 0 Å². The fourth-order valence-electron chi connectivity index (χ4n) is 1.86. The molecule has 0 aliphatic carbocycles. The maximum absolute atomic E-state index is 11.8. The van der Waals surface area contributed by atoms with Gasteiger partial charge < -0.3 is 26.2 Å². The number of nitrogens with two attached hydrogens (primary N) is 1. The van der Waals surface area contributed by atoms with E-state index in [0.29, 0.717) is 19.6 Å². The number of urea groups is 1. The molecular weight excluding hydrogens is 232 g/mol. The molecule has 4 N–H and O–H groups in total. The van der Waals surface area contributed by atoms with Crippen molar-refractivity contribution >= 4 is 6.03 Å². The van der Waals surface area contributed by atoms with Gasteiger partial charge in [-0.05, 0) is 0 Å². The third-order valence-corrected chi connectivity index (χ3v) is 2.82. The molecule has 0 aromatic heterocycles. The van der Waals surface area contributed by atoms with E-state index in [1.165, 1.54) is 0 Å². The fraction of sp³-hybridized carbons (Fsp3) is 0.818. The average Bonchev–Trinajstić information content (AvgIpc) is 2.71. The number of rotatable bonds is 9. The van der Waals surface area contributed by atoms with Crippen LogP contribution in [-0.4, -0.2) is 74.7 Å². The number of hydrogen-bond acceptors (Lipinski definition) is 5. The second kappa shape index (κ2) is 8.69. The minimum atomic E-state index is 0.0878. The number of carbonyl (C=O) groups is 1. The van der Waals surface area contributed by atoms with Crippen LogP contribution in [0.4, 0.5) is 4.79 Å². The van der Waals surface area contributed by atoms with Gasteiger partial charge in [0.05, 0.1) is 12.6 Å². The van der Waals surface area contributed by atoms with Gasteiger partial charge in [0.15, 0.2) is 0 Å². The van der Waals surface area contributed by atoms with E-state index in [2.05, 4.69) is 10.6 Å². The molecule has 1 rings (SSSR count). The topological polar surface area (TPSA) is 97.4 Å². The largest absolute Gasteiger partial charge is 0.329 e. The highest BCUT2D eigenvalue weighted by molar-refractivity contribution is 5.76. The van der Waals surface area contributed by atoms with Crippen molar-refractivity contribution in [3.63, 3.8) is 0 Å². The second-order valence-electron chi connectivity index (χ2n) is 4.13. The Hall–Kier alpha value is -1.36. The molecule has 0 aromatic rings. The van der Waals surface area contributed by atoms with Crippen molar-refractivity contribution < 1.29 is 4.79 Å². The van der Waals surface area contributed by atoms with Crippen LogP contribution in [0.3, 0.4) is 0 Å². The van der Waals surface area contributed by atoms with Crippen molar-refractivity contribution in [2.24, 2.45) is 5.73 Å². The molecule has 7 nitrogen and oxygen atoms in total. The minimum absolute atomic E-state index is 0.0878. The van der Waals surface area contributed by atoms with E-state index in [0.717, 1.165) is 39.3 Å². The van der Waals surface area contributed by atoms with Crippen LogP contribution in [0.25, 0.3) is 0 Å². The third kappa shape index (κ3) is 4.87. The van der Waals surface area contributed by atoms with Gasteiger partial charge in [-0.2, -0.15) is 5.26 Å². The predicted octanol–water partition coefficient (Wildman–Crippen LogP) is -1.61. The zero-order chi connectivity index (χ0) is 13.2. The highest BCUT2D eigenvalue weighted by Gasteiger charge is 2.26. The Labute approximate surface area is 108 Å². The van der Waals surface area contributed by atoms with E-state index in [1.54, 1.807) is 4.90 Å². The Kier molecular flexibility index (Phi) is 7.10. The van der Waals surface area contributed by atoms with Crippen LogP contribution in [0.2, 0.25) is 0 Å². The van der Waals surface area contributed by atoms with Crippen LogP contribution < -0.4 is 16.4 Å². The van der Waals surface area contributed by atoms with Crippen LogP contribution in [0.1, 0.15) is 0 Å². The van der Waals surface area contributed by atoms with E-state index < -0.39 is 0 Å². The van der Waals surface area contributed by atoms with Crippen LogP contribution in [0.5, 0.6) is 0 Å². The summed E-state index contributed by atoms with van der Waals surface area (Å²) in [6.45, 7) is 6.15. The average molecular weight is 254 g/mol. The molecule has 2 amide bonds. The first-order chi connectivity index (χ1) is 8.79. The highest BCUT2D eigenvalue weighted by atomic mass is 16.2. The summed E-state index contributed by atoms with van der Waals surface area (Å²) in [6.07, 6.45) is 0. The van der Waals surface area contributed by atoms with Gasteiger partial charge in [0, 0.05) is 52.4 Å². The molecule has 1 saturated heterocycles. The Morgan fingerprint density at radius 1 is 1.17 bits per heavy atom. The zero-order valence-corrected chi connectivity index (χ0v) is 10.7. The number of amides is 2. The van der Waals surface area contributed by atoms with Gasteiger partial charge >= 0.3 is 6.03 Å². The van der Waals surface area contributed by atoms with Crippen molar-refractivity contribution in [3.8, 4) is 6.07 Å². The van der Waals surface area contributed by atoms with E-state index in [1.807, 2.05) is 11.0 Å². The molecule has 0 aromatic carbocycles. The quantitative estimate of drug-likeness (QED) is 0.339. The normalized spacial score (nSPS) is 15.2. The maximum atomic E-state index is 11.8. The smallest absolute Gasteiger partial charge is 0.320 e. The van der Waals surface area contributed by atoms with E-state index in [9.17, 15) is 4.79 Å². The van der Waals surface area contributed by atoms with E-state index in [-0.39, 0.29) is 6.03 Å². The minimum Gasteiger partial charge on any atom is -0.329 e. The summed E-state index contributed by atoms with van der Waals surface area (Å²) in [7, 11) is 0. The molecule has 7 heteroatoms. The van der Waals surface area contributed by atoms with Gasteiger partial charge in [0.1, 0.15) is 0 Å². The molecule has 1 heterocycles. The maximum Gasteiger partial charge on any atom is 0.320 e. The third-order valence-electron chi connectivity index (χ3n) is 2.82. The Morgan fingerprint density at radius 2 is 1.83 bits per heavy atom. The Balaban J connectivity index is 2.03. The van der Waals surface area contributed by atoms with Gasteiger partial charge in [-0.1, -0.05) is 0 Å². The fourth-order valence-corrected chi connectivity index (χ4v) is 1.86. The lowest BCUT2D eigenvalue weighted by atomic mass is 10.5. The number of hydrogen-bond donors (Lipinski definition) is 3. The van der Waals surface area contributed by atoms with E-state index >= 15 is 0 Å². The summed E-state index contributed by atoms with van der Waals surface area (Å²) in [4.78, 5) is 15.4. The predicted molar refractivity (Wildman–Crippen MR) is 68.9 cm³/mol. The lowest BCUT2D eigenvalue weighted by molar-refractivity contribution is 0.193. The summed E-state index contributed by atoms with van der Waals surface area (Å²) in [6, 6.07) is 2.11. The SMILES string of the molecule is N#CCNCCNCCN1CCN(CCN)C1=O.